The van der Waals surface area contributed by atoms with Gasteiger partial charge in [-0.15, -0.1) is 0 Å². The number of ether oxygens (including phenoxy) is 1. The Bertz CT molecular complexity index is 1320. The van der Waals surface area contributed by atoms with E-state index in [1.165, 1.54) is 17.0 Å². The van der Waals surface area contributed by atoms with Crippen molar-refractivity contribution in [2.75, 3.05) is 6.61 Å². The largest absolute Gasteiger partial charge is 0.484 e. The number of furan rings is 1. The Kier molecular flexibility index (Phi) is 6.38. The average Bonchev–Trinajstić information content (AvgIpc) is 3.51. The van der Waals surface area contributed by atoms with Crippen LogP contribution < -0.4 is 15.6 Å². The van der Waals surface area contributed by atoms with Crippen LogP contribution in [0.3, 0.4) is 0 Å². The van der Waals surface area contributed by atoms with Crippen molar-refractivity contribution in [2.45, 2.75) is 0 Å². The van der Waals surface area contributed by atoms with E-state index >= 15 is 0 Å². The summed E-state index contributed by atoms with van der Waals surface area (Å²) in [6.45, 7) is -0.333. The van der Waals surface area contributed by atoms with E-state index in [9.17, 15) is 9.59 Å². The molecular formula is C23H16ClN5O4. The second-order valence-corrected chi connectivity index (χ2v) is 7.15. The number of halogens is 1. The molecule has 0 bridgehead atoms. The summed E-state index contributed by atoms with van der Waals surface area (Å²) in [7, 11) is 0. The van der Waals surface area contributed by atoms with Gasteiger partial charge < -0.3 is 9.15 Å². The van der Waals surface area contributed by atoms with Gasteiger partial charge in [0.1, 0.15) is 11.4 Å². The highest BCUT2D eigenvalue weighted by Crippen LogP contribution is 2.25. The first-order valence-corrected chi connectivity index (χ1v) is 10.0. The average molecular weight is 462 g/mol. The Morgan fingerprint density at radius 3 is 2.61 bits per heavy atom. The number of benzene rings is 2. The third kappa shape index (κ3) is 5.20. The van der Waals surface area contributed by atoms with Gasteiger partial charge in [-0.3, -0.25) is 20.4 Å². The fourth-order valence-electron chi connectivity index (χ4n) is 2.90. The molecule has 2 aromatic carbocycles. The van der Waals surface area contributed by atoms with Crippen LogP contribution in [0, 0.1) is 11.3 Å². The predicted molar refractivity (Wildman–Crippen MR) is 119 cm³/mol. The Morgan fingerprint density at radius 2 is 1.91 bits per heavy atom. The third-order valence-corrected chi connectivity index (χ3v) is 4.67. The quantitative estimate of drug-likeness (QED) is 0.424. The molecule has 0 atom stereocenters. The summed E-state index contributed by atoms with van der Waals surface area (Å²) in [5.74, 6) is -0.288. The number of hydrogen-bond acceptors (Lipinski definition) is 6. The zero-order valence-electron chi connectivity index (χ0n) is 17.0. The lowest BCUT2D eigenvalue weighted by Crippen LogP contribution is -2.44. The van der Waals surface area contributed by atoms with Crippen molar-refractivity contribution >= 4 is 23.4 Å². The van der Waals surface area contributed by atoms with Gasteiger partial charge in [0.15, 0.2) is 18.1 Å². The Labute approximate surface area is 193 Å². The second-order valence-electron chi connectivity index (χ2n) is 6.71. The Morgan fingerprint density at radius 1 is 1.09 bits per heavy atom. The standard InChI is InChI=1S/C23H16ClN5O4/c24-16-3-1-4-17(11-16)29-20(21-5-2-10-32-21)12-19(28-29)23(31)27-26-22(30)14-33-18-8-6-15(13-25)7-9-18/h1-12H,14H2,(H,26,30)(H,27,31). The third-order valence-electron chi connectivity index (χ3n) is 4.44. The monoisotopic (exact) mass is 461 g/mol. The number of carbonyl (C=O) groups excluding carboxylic acids is 2. The summed E-state index contributed by atoms with van der Waals surface area (Å²) >= 11 is 6.10. The smallest absolute Gasteiger partial charge is 0.290 e. The molecule has 0 aliphatic heterocycles. The molecule has 164 valence electrons. The van der Waals surface area contributed by atoms with Crippen molar-refractivity contribution in [3.63, 3.8) is 0 Å². The summed E-state index contributed by atoms with van der Waals surface area (Å²) in [6, 6.07) is 20.3. The number of rotatable bonds is 6. The molecule has 0 radical (unpaired) electrons. The summed E-state index contributed by atoms with van der Waals surface area (Å²) in [4.78, 5) is 24.6. The van der Waals surface area contributed by atoms with Crippen LogP contribution in [-0.4, -0.2) is 28.2 Å². The zero-order valence-corrected chi connectivity index (χ0v) is 17.7. The van der Waals surface area contributed by atoms with E-state index in [-0.39, 0.29) is 12.3 Å². The van der Waals surface area contributed by atoms with Crippen LogP contribution in [0.1, 0.15) is 16.1 Å². The maximum absolute atomic E-state index is 12.6. The van der Waals surface area contributed by atoms with Crippen LogP contribution in [0.4, 0.5) is 0 Å². The van der Waals surface area contributed by atoms with Crippen molar-refractivity contribution < 1.29 is 18.7 Å². The van der Waals surface area contributed by atoms with Crippen LogP contribution in [-0.2, 0) is 4.79 Å². The molecule has 0 saturated carbocycles. The number of amides is 2. The van der Waals surface area contributed by atoms with Crippen molar-refractivity contribution in [3.8, 4) is 29.0 Å². The van der Waals surface area contributed by atoms with E-state index in [1.807, 2.05) is 6.07 Å². The summed E-state index contributed by atoms with van der Waals surface area (Å²) in [5, 5.41) is 13.6. The fraction of sp³-hybridized carbons (Fsp3) is 0.0435. The predicted octanol–water partition coefficient (Wildman–Crippen LogP) is 3.50. The first-order chi connectivity index (χ1) is 16.0. The van der Waals surface area contributed by atoms with Gasteiger partial charge in [0, 0.05) is 11.1 Å². The van der Waals surface area contributed by atoms with Gasteiger partial charge >= 0.3 is 0 Å². The first kappa shape index (κ1) is 21.7. The van der Waals surface area contributed by atoms with Crippen LogP contribution in [0.15, 0.2) is 77.4 Å². The minimum Gasteiger partial charge on any atom is -0.484 e. The van der Waals surface area contributed by atoms with Gasteiger partial charge in [-0.05, 0) is 54.6 Å². The highest BCUT2D eigenvalue weighted by atomic mass is 35.5. The summed E-state index contributed by atoms with van der Waals surface area (Å²) in [5.41, 5.74) is 6.27. The van der Waals surface area contributed by atoms with E-state index in [1.54, 1.807) is 60.7 Å². The Hall–Kier alpha value is -4.55. The van der Waals surface area contributed by atoms with Gasteiger partial charge in [0.25, 0.3) is 11.8 Å². The number of aromatic nitrogens is 2. The van der Waals surface area contributed by atoms with Crippen molar-refractivity contribution in [2.24, 2.45) is 0 Å². The van der Waals surface area contributed by atoms with E-state index in [4.69, 9.17) is 26.0 Å². The van der Waals surface area contributed by atoms with Crippen LogP contribution >= 0.6 is 11.6 Å². The Balaban J connectivity index is 1.43. The molecule has 0 aliphatic carbocycles. The fourth-order valence-corrected chi connectivity index (χ4v) is 3.08. The minimum absolute atomic E-state index is 0.0506. The molecular weight excluding hydrogens is 446 g/mol. The second kappa shape index (κ2) is 9.72. The number of nitriles is 1. The van der Waals surface area contributed by atoms with Crippen molar-refractivity contribution in [3.05, 3.63) is 89.3 Å². The van der Waals surface area contributed by atoms with Crippen LogP contribution in [0.2, 0.25) is 5.02 Å². The maximum atomic E-state index is 12.6. The number of nitrogens with one attached hydrogen (secondary N) is 2. The lowest BCUT2D eigenvalue weighted by molar-refractivity contribution is -0.123. The highest BCUT2D eigenvalue weighted by molar-refractivity contribution is 6.30. The lowest BCUT2D eigenvalue weighted by Gasteiger charge is -2.08. The topological polar surface area (TPSA) is 122 Å². The van der Waals surface area contributed by atoms with Gasteiger partial charge in [-0.25, -0.2) is 4.68 Å². The molecule has 9 nitrogen and oxygen atoms in total. The summed E-state index contributed by atoms with van der Waals surface area (Å²) < 4.78 is 12.3. The maximum Gasteiger partial charge on any atom is 0.290 e. The van der Waals surface area contributed by atoms with Gasteiger partial charge in [-0.1, -0.05) is 17.7 Å². The van der Waals surface area contributed by atoms with Gasteiger partial charge in [0.05, 0.1) is 23.6 Å². The number of nitrogens with zero attached hydrogens (tertiary/aromatic N) is 3. The molecule has 2 amide bonds. The first-order valence-electron chi connectivity index (χ1n) is 9.65. The molecule has 0 spiro atoms. The normalized spacial score (nSPS) is 10.3. The number of hydrogen-bond donors (Lipinski definition) is 2. The molecule has 2 N–H and O–H groups in total. The molecule has 2 heterocycles. The van der Waals surface area contributed by atoms with E-state index in [0.717, 1.165) is 0 Å². The van der Waals surface area contributed by atoms with E-state index in [2.05, 4.69) is 16.0 Å². The van der Waals surface area contributed by atoms with Crippen LogP contribution in [0.5, 0.6) is 5.75 Å². The molecule has 0 saturated heterocycles. The molecule has 0 aliphatic rings. The minimum atomic E-state index is -0.629. The van der Waals surface area contributed by atoms with E-state index in [0.29, 0.717) is 33.5 Å². The molecule has 33 heavy (non-hydrogen) atoms. The molecule has 10 heteroatoms. The summed E-state index contributed by atoms with van der Waals surface area (Å²) in [6.07, 6.45) is 1.51. The lowest BCUT2D eigenvalue weighted by atomic mass is 10.2. The molecule has 4 aromatic rings. The SMILES string of the molecule is N#Cc1ccc(OCC(=O)NNC(=O)c2cc(-c3ccco3)n(-c3cccc(Cl)c3)n2)cc1. The number of carbonyl (C=O) groups is 2. The number of hydrazine groups is 1. The molecule has 0 fully saturated rings. The van der Waals surface area contributed by atoms with E-state index < -0.39 is 11.8 Å². The van der Waals surface area contributed by atoms with Crippen molar-refractivity contribution in [1.29, 1.82) is 5.26 Å². The zero-order chi connectivity index (χ0) is 23.2. The van der Waals surface area contributed by atoms with Crippen LogP contribution in [0.25, 0.3) is 17.1 Å². The molecule has 0 unspecified atom stereocenters. The molecule has 2 aromatic heterocycles. The van der Waals surface area contributed by atoms with Gasteiger partial charge in [-0.2, -0.15) is 10.4 Å². The highest BCUT2D eigenvalue weighted by Gasteiger charge is 2.19. The van der Waals surface area contributed by atoms with Crippen molar-refractivity contribution in [1.82, 2.24) is 20.6 Å². The molecule has 4 rings (SSSR count). The van der Waals surface area contributed by atoms with Gasteiger partial charge in [0.2, 0.25) is 0 Å².